The van der Waals surface area contributed by atoms with Crippen LogP contribution in [-0.4, -0.2) is 18.5 Å². The van der Waals surface area contributed by atoms with Crippen LogP contribution < -0.4 is 5.32 Å². The van der Waals surface area contributed by atoms with Crippen LogP contribution in [0, 0.1) is 5.82 Å². The normalized spacial score (nSPS) is 10.4. The lowest BCUT2D eigenvalue weighted by atomic mass is 10.2. The molecule has 0 aliphatic carbocycles. The Labute approximate surface area is 181 Å². The summed E-state index contributed by atoms with van der Waals surface area (Å²) in [7, 11) is 0. The van der Waals surface area contributed by atoms with Crippen molar-refractivity contribution >= 4 is 52.5 Å². The summed E-state index contributed by atoms with van der Waals surface area (Å²) in [4.78, 5) is 26.0. The summed E-state index contributed by atoms with van der Waals surface area (Å²) in [6.07, 6.45) is 0. The number of esters is 1. The van der Waals surface area contributed by atoms with Crippen LogP contribution in [0.4, 0.5) is 10.1 Å². The van der Waals surface area contributed by atoms with Crippen molar-refractivity contribution in [3.05, 3.63) is 88.2 Å². The summed E-state index contributed by atoms with van der Waals surface area (Å²) < 4.78 is 18.0. The van der Waals surface area contributed by atoms with Gasteiger partial charge in [0.25, 0.3) is 5.91 Å². The molecule has 0 aliphatic heterocycles. The van der Waals surface area contributed by atoms with Crippen LogP contribution >= 0.6 is 35.0 Å². The average molecular weight is 450 g/mol. The first-order chi connectivity index (χ1) is 13.9. The molecule has 0 unspecified atom stereocenters. The van der Waals surface area contributed by atoms with Gasteiger partial charge in [-0.1, -0.05) is 47.1 Å². The van der Waals surface area contributed by atoms with E-state index in [9.17, 15) is 14.0 Å². The van der Waals surface area contributed by atoms with E-state index in [2.05, 4.69) is 5.32 Å². The van der Waals surface area contributed by atoms with Crippen molar-refractivity contribution in [3.63, 3.8) is 0 Å². The SMILES string of the molecule is O=C(COC(=O)c1ccc(F)cc1Cl)Nc1ccccc1Sc1ccc(Cl)cc1. The van der Waals surface area contributed by atoms with Crippen LogP contribution in [0.2, 0.25) is 10.0 Å². The van der Waals surface area contributed by atoms with Crippen molar-refractivity contribution in [2.45, 2.75) is 9.79 Å². The number of hydrogen-bond donors (Lipinski definition) is 1. The number of ether oxygens (including phenoxy) is 1. The van der Waals surface area contributed by atoms with Gasteiger partial charge in [-0.3, -0.25) is 4.79 Å². The van der Waals surface area contributed by atoms with Gasteiger partial charge in [-0.05, 0) is 54.6 Å². The number of hydrogen-bond acceptors (Lipinski definition) is 4. The Morgan fingerprint density at radius 1 is 1.00 bits per heavy atom. The number of rotatable bonds is 6. The molecular weight excluding hydrogens is 436 g/mol. The van der Waals surface area contributed by atoms with Crippen LogP contribution in [0.5, 0.6) is 0 Å². The number of halogens is 3. The monoisotopic (exact) mass is 449 g/mol. The molecule has 148 valence electrons. The summed E-state index contributed by atoms with van der Waals surface area (Å²) in [6, 6.07) is 17.9. The number of benzene rings is 3. The standard InChI is InChI=1S/C21H14Cl2FNO3S/c22-13-5-8-15(9-6-13)29-19-4-2-1-3-18(19)25-20(26)12-28-21(27)16-10-7-14(24)11-17(16)23/h1-11H,12H2,(H,25,26). The molecular formula is C21H14Cl2FNO3S. The molecule has 0 saturated carbocycles. The van der Waals surface area contributed by atoms with Crippen molar-refractivity contribution < 1.29 is 18.7 Å². The Balaban J connectivity index is 1.62. The third kappa shape index (κ3) is 5.97. The number of amides is 1. The van der Waals surface area contributed by atoms with E-state index in [1.54, 1.807) is 24.3 Å². The van der Waals surface area contributed by atoms with E-state index in [1.807, 2.05) is 24.3 Å². The third-order valence-electron chi connectivity index (χ3n) is 3.69. The summed E-state index contributed by atoms with van der Waals surface area (Å²) in [5.41, 5.74) is 0.563. The molecule has 1 amide bonds. The molecule has 0 aromatic heterocycles. The van der Waals surface area contributed by atoms with Gasteiger partial charge in [-0.25, -0.2) is 9.18 Å². The van der Waals surface area contributed by atoms with Crippen molar-refractivity contribution in [2.24, 2.45) is 0 Å². The molecule has 0 atom stereocenters. The Morgan fingerprint density at radius 3 is 2.45 bits per heavy atom. The number of para-hydroxylation sites is 1. The smallest absolute Gasteiger partial charge is 0.340 e. The summed E-state index contributed by atoms with van der Waals surface area (Å²) in [5.74, 6) is -1.89. The molecule has 0 bridgehead atoms. The van der Waals surface area contributed by atoms with Crippen LogP contribution in [0.3, 0.4) is 0 Å². The molecule has 0 spiro atoms. The minimum Gasteiger partial charge on any atom is -0.452 e. The summed E-state index contributed by atoms with van der Waals surface area (Å²) in [6.45, 7) is -0.507. The fourth-order valence-electron chi connectivity index (χ4n) is 2.34. The zero-order valence-electron chi connectivity index (χ0n) is 14.8. The molecule has 1 N–H and O–H groups in total. The Bertz CT molecular complexity index is 1040. The number of carbonyl (C=O) groups is 2. The van der Waals surface area contributed by atoms with Gasteiger partial charge in [0.15, 0.2) is 6.61 Å². The minimum atomic E-state index is -0.811. The van der Waals surface area contributed by atoms with Crippen molar-refractivity contribution in [1.29, 1.82) is 0 Å². The highest BCUT2D eigenvalue weighted by atomic mass is 35.5. The molecule has 0 aliphatic rings. The topological polar surface area (TPSA) is 55.4 Å². The van der Waals surface area contributed by atoms with Gasteiger partial charge in [0.2, 0.25) is 0 Å². The summed E-state index contributed by atoms with van der Waals surface area (Å²) in [5, 5.41) is 3.27. The Morgan fingerprint density at radius 2 is 1.72 bits per heavy atom. The van der Waals surface area contributed by atoms with E-state index in [4.69, 9.17) is 27.9 Å². The zero-order chi connectivity index (χ0) is 20.8. The minimum absolute atomic E-state index is 0.0143. The van der Waals surface area contributed by atoms with Gasteiger partial charge in [0.1, 0.15) is 5.82 Å². The van der Waals surface area contributed by atoms with E-state index in [0.717, 1.165) is 21.9 Å². The maximum atomic E-state index is 13.1. The molecule has 3 aromatic carbocycles. The van der Waals surface area contributed by atoms with E-state index < -0.39 is 24.3 Å². The largest absolute Gasteiger partial charge is 0.452 e. The van der Waals surface area contributed by atoms with E-state index in [0.29, 0.717) is 10.7 Å². The van der Waals surface area contributed by atoms with Crippen LogP contribution in [0.25, 0.3) is 0 Å². The summed E-state index contributed by atoms with van der Waals surface area (Å²) >= 11 is 13.2. The van der Waals surface area contributed by atoms with Crippen LogP contribution in [0.15, 0.2) is 76.5 Å². The highest BCUT2D eigenvalue weighted by Gasteiger charge is 2.15. The quantitative estimate of drug-likeness (QED) is 0.463. The Hall–Kier alpha value is -2.54. The number of nitrogens with one attached hydrogen (secondary N) is 1. The number of carbonyl (C=O) groups excluding carboxylic acids is 2. The van der Waals surface area contributed by atoms with Crippen molar-refractivity contribution in [1.82, 2.24) is 0 Å². The maximum absolute atomic E-state index is 13.1. The van der Waals surface area contributed by atoms with Gasteiger partial charge in [0.05, 0.1) is 16.3 Å². The lowest BCUT2D eigenvalue weighted by molar-refractivity contribution is -0.119. The molecule has 0 heterocycles. The molecule has 29 heavy (non-hydrogen) atoms. The fraction of sp³-hybridized carbons (Fsp3) is 0.0476. The van der Waals surface area contributed by atoms with E-state index in [-0.39, 0.29) is 10.6 Å². The lowest BCUT2D eigenvalue weighted by Gasteiger charge is -2.11. The second kappa shape index (κ2) is 9.78. The van der Waals surface area contributed by atoms with E-state index >= 15 is 0 Å². The highest BCUT2D eigenvalue weighted by Crippen LogP contribution is 2.33. The predicted octanol–water partition coefficient (Wildman–Crippen LogP) is 6.08. The first kappa shape index (κ1) is 21.2. The fourth-order valence-corrected chi connectivity index (χ4v) is 3.61. The predicted molar refractivity (Wildman–Crippen MR) is 112 cm³/mol. The average Bonchev–Trinajstić information content (AvgIpc) is 2.69. The first-order valence-corrected chi connectivity index (χ1v) is 9.94. The van der Waals surface area contributed by atoms with Gasteiger partial charge in [-0.15, -0.1) is 0 Å². The second-order valence-electron chi connectivity index (χ2n) is 5.80. The molecule has 0 saturated heterocycles. The van der Waals surface area contributed by atoms with Crippen LogP contribution in [-0.2, 0) is 9.53 Å². The van der Waals surface area contributed by atoms with Gasteiger partial charge >= 0.3 is 5.97 Å². The number of anilines is 1. The van der Waals surface area contributed by atoms with Crippen molar-refractivity contribution in [3.8, 4) is 0 Å². The second-order valence-corrected chi connectivity index (χ2v) is 7.76. The molecule has 8 heteroatoms. The molecule has 0 fully saturated rings. The molecule has 0 radical (unpaired) electrons. The van der Waals surface area contributed by atoms with Crippen molar-refractivity contribution in [2.75, 3.05) is 11.9 Å². The first-order valence-electron chi connectivity index (χ1n) is 8.37. The molecule has 3 aromatic rings. The molecule has 3 rings (SSSR count). The van der Waals surface area contributed by atoms with E-state index in [1.165, 1.54) is 17.8 Å². The molecule has 4 nitrogen and oxygen atoms in total. The zero-order valence-corrected chi connectivity index (χ0v) is 17.2. The lowest BCUT2D eigenvalue weighted by Crippen LogP contribution is -2.21. The Kier molecular flexibility index (Phi) is 7.14. The third-order valence-corrected chi connectivity index (χ3v) is 5.34. The van der Waals surface area contributed by atoms with Gasteiger partial charge < -0.3 is 10.1 Å². The highest BCUT2D eigenvalue weighted by molar-refractivity contribution is 7.99. The maximum Gasteiger partial charge on any atom is 0.340 e. The van der Waals surface area contributed by atoms with Gasteiger partial charge in [-0.2, -0.15) is 0 Å². The van der Waals surface area contributed by atoms with Crippen LogP contribution in [0.1, 0.15) is 10.4 Å². The van der Waals surface area contributed by atoms with Gasteiger partial charge in [0, 0.05) is 14.8 Å².